The van der Waals surface area contributed by atoms with Gasteiger partial charge in [-0.25, -0.2) is 4.79 Å². The summed E-state index contributed by atoms with van der Waals surface area (Å²) < 4.78 is 10.2. The molecule has 0 amide bonds. The first-order valence-electron chi connectivity index (χ1n) is 4.76. The Balaban J connectivity index is 2.22. The van der Waals surface area contributed by atoms with E-state index in [0.29, 0.717) is 18.2 Å². The van der Waals surface area contributed by atoms with Gasteiger partial charge in [0.2, 0.25) is 5.60 Å². The van der Waals surface area contributed by atoms with Gasteiger partial charge in [-0.2, -0.15) is 0 Å². The Morgan fingerprint density at radius 3 is 2.60 bits per heavy atom. The number of hydrogen-bond acceptors (Lipinski definition) is 3. The Kier molecular flexibility index (Phi) is 2.67. The number of benzene rings is 1. The number of rotatable bonds is 3. The average Bonchev–Trinajstić information content (AvgIpc) is 3.00. The first-order chi connectivity index (χ1) is 7.19. The summed E-state index contributed by atoms with van der Waals surface area (Å²) in [5.74, 6) is -0.327. The van der Waals surface area contributed by atoms with Gasteiger partial charge in [0.1, 0.15) is 0 Å². The average molecular weight is 227 g/mol. The van der Waals surface area contributed by atoms with Crippen molar-refractivity contribution >= 4 is 17.6 Å². The van der Waals surface area contributed by atoms with E-state index in [9.17, 15) is 4.79 Å². The van der Waals surface area contributed by atoms with Crippen LogP contribution in [-0.4, -0.2) is 19.2 Å². The molecule has 0 saturated carbocycles. The van der Waals surface area contributed by atoms with Crippen LogP contribution in [-0.2, 0) is 19.9 Å². The second-order valence-corrected chi connectivity index (χ2v) is 3.78. The second-order valence-electron chi connectivity index (χ2n) is 3.34. The maximum atomic E-state index is 11.6. The van der Waals surface area contributed by atoms with E-state index >= 15 is 0 Å². The fourth-order valence-electron chi connectivity index (χ4n) is 1.44. The zero-order valence-electron chi connectivity index (χ0n) is 8.33. The van der Waals surface area contributed by atoms with Gasteiger partial charge in [-0.3, -0.25) is 0 Å². The summed E-state index contributed by atoms with van der Waals surface area (Å²) in [7, 11) is 0. The highest BCUT2D eigenvalue weighted by molar-refractivity contribution is 6.30. The molecule has 1 aromatic rings. The smallest absolute Gasteiger partial charge is 0.345 e. The van der Waals surface area contributed by atoms with Crippen LogP contribution in [0.25, 0.3) is 0 Å². The third kappa shape index (κ3) is 1.85. The molecule has 0 aromatic heterocycles. The molecule has 15 heavy (non-hydrogen) atoms. The molecule has 80 valence electrons. The Morgan fingerprint density at radius 1 is 1.53 bits per heavy atom. The van der Waals surface area contributed by atoms with Gasteiger partial charge in [0.25, 0.3) is 0 Å². The van der Waals surface area contributed by atoms with Crippen molar-refractivity contribution in [3.8, 4) is 0 Å². The van der Waals surface area contributed by atoms with Crippen LogP contribution in [0.5, 0.6) is 0 Å². The molecule has 2 rings (SSSR count). The number of carbonyl (C=O) groups is 1. The molecule has 1 aromatic carbocycles. The lowest BCUT2D eigenvalue weighted by Gasteiger charge is -2.10. The minimum atomic E-state index is -0.874. The molecule has 4 heteroatoms. The van der Waals surface area contributed by atoms with Gasteiger partial charge in [0, 0.05) is 5.02 Å². The summed E-state index contributed by atoms with van der Waals surface area (Å²) in [6.07, 6.45) is 0. The van der Waals surface area contributed by atoms with E-state index in [2.05, 4.69) is 0 Å². The van der Waals surface area contributed by atoms with Crippen LogP contribution in [0.1, 0.15) is 12.5 Å². The third-order valence-corrected chi connectivity index (χ3v) is 2.60. The molecule has 0 radical (unpaired) electrons. The first-order valence-corrected chi connectivity index (χ1v) is 5.14. The molecular formula is C11H11ClO3. The number of carbonyl (C=O) groups excluding carboxylic acids is 1. The SMILES string of the molecule is CCOC(=O)C1(c2ccc(Cl)cc2)CO1. The first kappa shape index (κ1) is 10.5. The fraction of sp³-hybridized carbons (Fsp3) is 0.364. The van der Waals surface area contributed by atoms with E-state index in [1.165, 1.54) is 0 Å². The van der Waals surface area contributed by atoms with Gasteiger partial charge in [-0.1, -0.05) is 23.7 Å². The molecule has 0 aliphatic carbocycles. The third-order valence-electron chi connectivity index (χ3n) is 2.35. The van der Waals surface area contributed by atoms with Crippen LogP contribution in [0.15, 0.2) is 24.3 Å². The second kappa shape index (κ2) is 3.83. The topological polar surface area (TPSA) is 38.8 Å². The Morgan fingerprint density at radius 2 is 2.13 bits per heavy atom. The van der Waals surface area contributed by atoms with Gasteiger partial charge < -0.3 is 9.47 Å². The molecule has 3 nitrogen and oxygen atoms in total. The van der Waals surface area contributed by atoms with Crippen molar-refractivity contribution in [1.82, 2.24) is 0 Å². The van der Waals surface area contributed by atoms with Gasteiger partial charge in [0.05, 0.1) is 13.2 Å². The Bertz CT molecular complexity index is 368. The molecule has 1 aliphatic rings. The van der Waals surface area contributed by atoms with E-state index in [-0.39, 0.29) is 5.97 Å². The van der Waals surface area contributed by atoms with Crippen molar-refractivity contribution in [2.75, 3.05) is 13.2 Å². The molecule has 1 unspecified atom stereocenters. The zero-order chi connectivity index (χ0) is 10.9. The van der Waals surface area contributed by atoms with Crippen LogP contribution in [0.4, 0.5) is 0 Å². The van der Waals surface area contributed by atoms with Gasteiger partial charge in [-0.05, 0) is 24.6 Å². The summed E-state index contributed by atoms with van der Waals surface area (Å²) in [6.45, 7) is 2.51. The number of halogens is 1. The van der Waals surface area contributed by atoms with E-state index in [1.807, 2.05) is 0 Å². The summed E-state index contributed by atoms with van der Waals surface area (Å²) in [5.41, 5.74) is -0.0778. The summed E-state index contributed by atoms with van der Waals surface area (Å²) >= 11 is 5.77. The van der Waals surface area contributed by atoms with Gasteiger partial charge in [-0.15, -0.1) is 0 Å². The monoisotopic (exact) mass is 226 g/mol. The van der Waals surface area contributed by atoms with Crippen LogP contribution in [0, 0.1) is 0 Å². The highest BCUT2D eigenvalue weighted by atomic mass is 35.5. The largest absolute Gasteiger partial charge is 0.464 e. The van der Waals surface area contributed by atoms with Crippen LogP contribution in [0.3, 0.4) is 0 Å². The van der Waals surface area contributed by atoms with Crippen molar-refractivity contribution in [2.24, 2.45) is 0 Å². The molecule has 0 spiro atoms. The minimum absolute atomic E-state index is 0.327. The molecule has 1 saturated heterocycles. The van der Waals surface area contributed by atoms with Crippen molar-refractivity contribution < 1.29 is 14.3 Å². The quantitative estimate of drug-likeness (QED) is 0.586. The number of hydrogen-bond donors (Lipinski definition) is 0. The van der Waals surface area contributed by atoms with E-state index in [0.717, 1.165) is 5.56 Å². The van der Waals surface area contributed by atoms with Gasteiger partial charge >= 0.3 is 5.97 Å². The lowest BCUT2D eigenvalue weighted by atomic mass is 10.0. The molecule has 1 atom stereocenters. The lowest BCUT2D eigenvalue weighted by molar-refractivity contribution is -0.149. The maximum Gasteiger partial charge on any atom is 0.345 e. The summed E-state index contributed by atoms with van der Waals surface area (Å²) in [5, 5.41) is 0.637. The van der Waals surface area contributed by atoms with Gasteiger partial charge in [0.15, 0.2) is 0 Å². The van der Waals surface area contributed by atoms with E-state index < -0.39 is 5.60 Å². The van der Waals surface area contributed by atoms with Crippen molar-refractivity contribution in [3.63, 3.8) is 0 Å². The van der Waals surface area contributed by atoms with Crippen LogP contribution in [0.2, 0.25) is 5.02 Å². The minimum Gasteiger partial charge on any atom is -0.464 e. The highest BCUT2D eigenvalue weighted by Gasteiger charge is 2.55. The molecule has 1 heterocycles. The normalized spacial score (nSPS) is 23.6. The zero-order valence-corrected chi connectivity index (χ0v) is 9.08. The van der Waals surface area contributed by atoms with Crippen LogP contribution < -0.4 is 0 Å². The Hall–Kier alpha value is -1.06. The number of esters is 1. The predicted molar refractivity (Wildman–Crippen MR) is 55.7 cm³/mol. The number of epoxide rings is 1. The molecule has 0 bridgehead atoms. The highest BCUT2D eigenvalue weighted by Crippen LogP contribution is 2.40. The van der Waals surface area contributed by atoms with Crippen LogP contribution >= 0.6 is 11.6 Å². The standard InChI is InChI=1S/C11H11ClO3/c1-2-14-10(13)11(7-15-11)8-3-5-9(12)6-4-8/h3-6H,2,7H2,1H3. The predicted octanol–water partition coefficient (Wildman–Crippen LogP) is 2.13. The molecule has 1 fully saturated rings. The van der Waals surface area contributed by atoms with Crippen molar-refractivity contribution in [3.05, 3.63) is 34.9 Å². The Labute approximate surface area is 92.9 Å². The van der Waals surface area contributed by atoms with E-state index in [4.69, 9.17) is 21.1 Å². The molecule has 1 aliphatic heterocycles. The number of ether oxygens (including phenoxy) is 2. The fourth-order valence-corrected chi connectivity index (χ4v) is 1.57. The summed E-state index contributed by atoms with van der Waals surface area (Å²) in [4.78, 5) is 11.6. The summed E-state index contributed by atoms with van der Waals surface area (Å²) in [6, 6.07) is 7.04. The molecular weight excluding hydrogens is 216 g/mol. The molecule has 0 N–H and O–H groups in total. The van der Waals surface area contributed by atoms with Crippen molar-refractivity contribution in [1.29, 1.82) is 0 Å². The van der Waals surface area contributed by atoms with Crippen molar-refractivity contribution in [2.45, 2.75) is 12.5 Å². The lowest BCUT2D eigenvalue weighted by Crippen LogP contribution is -2.24. The van der Waals surface area contributed by atoms with E-state index in [1.54, 1.807) is 31.2 Å². The maximum absolute atomic E-state index is 11.6.